The Kier molecular flexibility index (Phi) is 6.86. The summed E-state index contributed by atoms with van der Waals surface area (Å²) in [5, 5.41) is 29.5. The van der Waals surface area contributed by atoms with Crippen molar-refractivity contribution >= 4 is 51.1 Å². The van der Waals surface area contributed by atoms with Crippen LogP contribution in [0, 0.1) is 0 Å². The zero-order valence-electron chi connectivity index (χ0n) is 19.0. The van der Waals surface area contributed by atoms with E-state index >= 15 is 0 Å². The van der Waals surface area contributed by atoms with Crippen LogP contribution in [0.25, 0.3) is 0 Å². The van der Waals surface area contributed by atoms with Crippen molar-refractivity contribution in [2.75, 3.05) is 4.90 Å². The molecule has 4 aromatic carbocycles. The number of nitrogens with zero attached hydrogens (tertiary/aromatic N) is 5. The van der Waals surface area contributed by atoms with Crippen LogP contribution in [-0.2, 0) is 0 Å². The van der Waals surface area contributed by atoms with Crippen molar-refractivity contribution in [3.63, 3.8) is 0 Å². The molecule has 0 spiro atoms. The third kappa shape index (κ3) is 5.34. The summed E-state index contributed by atoms with van der Waals surface area (Å²) >= 11 is 1.36. The number of aliphatic imine (C=N–C) groups is 2. The molecule has 36 heavy (non-hydrogen) atoms. The number of hydrogen-bond donors (Lipinski definition) is 2. The minimum Gasteiger partial charge on any atom is -0.508 e. The fourth-order valence-electron chi connectivity index (χ4n) is 3.44. The molecule has 2 N–H and O–H groups in total. The van der Waals surface area contributed by atoms with Gasteiger partial charge in [-0.1, -0.05) is 54.6 Å². The van der Waals surface area contributed by atoms with Gasteiger partial charge in [0.2, 0.25) is 5.17 Å². The molecule has 0 radical (unpaired) electrons. The number of phenols is 2. The van der Waals surface area contributed by atoms with Crippen molar-refractivity contribution in [1.82, 2.24) is 0 Å². The normalized spacial score (nSPS) is 17.0. The second-order valence-corrected chi connectivity index (χ2v) is 8.62. The van der Waals surface area contributed by atoms with Gasteiger partial charge in [0.1, 0.15) is 16.5 Å². The van der Waals surface area contributed by atoms with Crippen LogP contribution in [0.3, 0.4) is 0 Å². The number of hydrogen-bond acceptors (Lipinski definition) is 7. The monoisotopic (exact) mass is 491 g/mol. The molecule has 8 heteroatoms. The van der Waals surface area contributed by atoms with E-state index in [0.29, 0.717) is 21.6 Å². The molecule has 0 aliphatic carbocycles. The lowest BCUT2D eigenvalue weighted by molar-refractivity contribution is 0.450. The molecule has 5 rings (SSSR count). The Labute approximate surface area is 212 Å². The highest BCUT2D eigenvalue weighted by molar-refractivity contribution is 8.29. The number of benzene rings is 4. The number of aromatic hydroxyl groups is 2. The van der Waals surface area contributed by atoms with E-state index in [9.17, 15) is 10.2 Å². The molecule has 0 bridgehead atoms. The molecule has 1 aliphatic heterocycles. The van der Waals surface area contributed by atoms with Gasteiger partial charge in [0.05, 0.1) is 17.6 Å². The second-order valence-electron chi connectivity index (χ2n) is 7.67. The van der Waals surface area contributed by atoms with E-state index in [0.717, 1.165) is 17.1 Å². The number of phenolic OH excluding ortho intramolecular Hbond substituents is 2. The zero-order chi connectivity index (χ0) is 24.7. The Bertz CT molecular complexity index is 1470. The van der Waals surface area contributed by atoms with Gasteiger partial charge in [-0.3, -0.25) is 4.90 Å². The van der Waals surface area contributed by atoms with Crippen LogP contribution >= 0.6 is 11.8 Å². The van der Waals surface area contributed by atoms with Crippen LogP contribution in [0.2, 0.25) is 0 Å². The molecule has 1 heterocycles. The highest BCUT2D eigenvalue weighted by atomic mass is 32.2. The number of anilines is 1. The third-order valence-electron chi connectivity index (χ3n) is 5.13. The summed E-state index contributed by atoms with van der Waals surface area (Å²) in [6, 6.07) is 33.4. The van der Waals surface area contributed by atoms with Gasteiger partial charge in [-0.25, -0.2) is 9.98 Å². The molecular formula is C28H21N5O2S. The maximum atomic E-state index is 10.1. The van der Waals surface area contributed by atoms with Crippen LogP contribution in [0.5, 0.6) is 11.5 Å². The first kappa shape index (κ1) is 23.1. The second kappa shape index (κ2) is 10.7. The first-order valence-corrected chi connectivity index (χ1v) is 11.9. The van der Waals surface area contributed by atoms with Gasteiger partial charge in [0.25, 0.3) is 0 Å². The Morgan fingerprint density at radius 3 is 1.94 bits per heavy atom. The molecule has 4 aromatic rings. The molecule has 0 aromatic heterocycles. The molecule has 176 valence electrons. The van der Waals surface area contributed by atoms with Crippen molar-refractivity contribution in [2.45, 2.75) is 0 Å². The summed E-state index contributed by atoms with van der Waals surface area (Å²) in [7, 11) is 0. The van der Waals surface area contributed by atoms with Gasteiger partial charge < -0.3 is 10.2 Å². The van der Waals surface area contributed by atoms with Crippen molar-refractivity contribution in [3.8, 4) is 11.5 Å². The lowest BCUT2D eigenvalue weighted by atomic mass is 10.2. The minimum atomic E-state index is -0.0874. The average Bonchev–Trinajstić information content (AvgIpc) is 3.23. The first-order chi connectivity index (χ1) is 17.7. The van der Waals surface area contributed by atoms with Gasteiger partial charge in [0, 0.05) is 17.3 Å². The molecule has 0 atom stereocenters. The summed E-state index contributed by atoms with van der Waals surface area (Å²) < 4.78 is 0. The van der Waals surface area contributed by atoms with Gasteiger partial charge in [0.15, 0.2) is 5.84 Å². The summed E-state index contributed by atoms with van der Waals surface area (Å²) in [6.45, 7) is 0. The van der Waals surface area contributed by atoms with Crippen LogP contribution < -0.4 is 4.90 Å². The van der Waals surface area contributed by atoms with Crippen LogP contribution in [0.1, 0.15) is 5.56 Å². The maximum absolute atomic E-state index is 10.1. The highest BCUT2D eigenvalue weighted by Crippen LogP contribution is 2.33. The molecular weight excluding hydrogens is 470 g/mol. The van der Waals surface area contributed by atoms with Crippen molar-refractivity contribution < 1.29 is 10.2 Å². The van der Waals surface area contributed by atoms with Crippen LogP contribution in [0.15, 0.2) is 129 Å². The van der Waals surface area contributed by atoms with E-state index < -0.39 is 0 Å². The highest BCUT2D eigenvalue weighted by Gasteiger charge is 2.34. The summed E-state index contributed by atoms with van der Waals surface area (Å²) in [5.41, 5.74) is 2.88. The molecule has 1 aliphatic rings. The quantitative estimate of drug-likeness (QED) is 0.246. The van der Waals surface area contributed by atoms with Gasteiger partial charge in [-0.2, -0.15) is 5.10 Å². The van der Waals surface area contributed by atoms with E-state index in [1.807, 2.05) is 95.9 Å². The fraction of sp³-hybridized carbons (Fsp3) is 0. The van der Waals surface area contributed by atoms with E-state index in [1.165, 1.54) is 30.1 Å². The SMILES string of the molecule is Oc1ccc(/C=N/N=C2\SC(=Nc3ccccc3)C(=Nc3ccccc3)N2c2ccccc2)c(O)c1. The topological polar surface area (TPSA) is 93.1 Å². The molecule has 0 amide bonds. The standard InChI is InChI=1S/C28H21N5O2S/c34-24-17-16-20(25(35)18-24)19-29-32-28-33(23-14-8-3-9-15-23)26(30-21-10-4-1-5-11-21)27(36-28)31-22-12-6-2-7-13-22/h1-19,34-35H/b29-19+,30-26?,31-27?,32-28-. The van der Waals surface area contributed by atoms with Crippen molar-refractivity contribution in [3.05, 3.63) is 115 Å². The molecule has 1 fully saturated rings. The molecule has 7 nitrogen and oxygen atoms in total. The first-order valence-electron chi connectivity index (χ1n) is 11.1. The van der Waals surface area contributed by atoms with E-state index in [1.54, 1.807) is 6.07 Å². The maximum Gasteiger partial charge on any atom is 0.202 e. The lowest BCUT2D eigenvalue weighted by Crippen LogP contribution is -2.30. The van der Waals surface area contributed by atoms with Crippen LogP contribution in [0.4, 0.5) is 17.1 Å². The van der Waals surface area contributed by atoms with E-state index in [2.05, 4.69) is 10.2 Å². The van der Waals surface area contributed by atoms with Gasteiger partial charge in [-0.05, 0) is 60.3 Å². The number of para-hydroxylation sites is 3. The predicted octanol–water partition coefficient (Wildman–Crippen LogP) is 6.50. The smallest absolute Gasteiger partial charge is 0.202 e. The van der Waals surface area contributed by atoms with Crippen LogP contribution in [-0.4, -0.2) is 32.5 Å². The molecule has 0 unspecified atom stereocenters. The number of amidine groups is 2. The Balaban J connectivity index is 1.61. The number of thioether (sulfide) groups is 1. The summed E-state index contributed by atoms with van der Waals surface area (Å²) in [6.07, 6.45) is 1.44. The number of rotatable bonds is 5. The fourth-order valence-corrected chi connectivity index (χ4v) is 4.36. The lowest BCUT2D eigenvalue weighted by Gasteiger charge is -2.17. The summed E-state index contributed by atoms with van der Waals surface area (Å²) in [5.74, 6) is 0.513. The van der Waals surface area contributed by atoms with Crippen molar-refractivity contribution in [2.24, 2.45) is 20.2 Å². The predicted molar refractivity (Wildman–Crippen MR) is 148 cm³/mol. The molecule has 1 saturated heterocycles. The minimum absolute atomic E-state index is 0.0268. The van der Waals surface area contributed by atoms with Gasteiger partial charge >= 0.3 is 0 Å². The average molecular weight is 492 g/mol. The Hall–Kier alpha value is -4.69. The molecule has 0 saturated carbocycles. The summed E-state index contributed by atoms with van der Waals surface area (Å²) in [4.78, 5) is 11.7. The Morgan fingerprint density at radius 1 is 0.694 bits per heavy atom. The zero-order valence-corrected chi connectivity index (χ0v) is 19.8. The van der Waals surface area contributed by atoms with E-state index in [-0.39, 0.29) is 11.5 Å². The van der Waals surface area contributed by atoms with E-state index in [4.69, 9.17) is 9.98 Å². The largest absolute Gasteiger partial charge is 0.508 e. The van der Waals surface area contributed by atoms with Gasteiger partial charge in [-0.15, -0.1) is 5.10 Å². The third-order valence-corrected chi connectivity index (χ3v) is 6.04. The Morgan fingerprint density at radius 2 is 1.31 bits per heavy atom. The van der Waals surface area contributed by atoms with Crippen molar-refractivity contribution in [1.29, 1.82) is 0 Å².